The van der Waals surface area contributed by atoms with Crippen LogP contribution in [0.2, 0.25) is 0 Å². The van der Waals surface area contributed by atoms with Gasteiger partial charge in [0.2, 0.25) is 6.79 Å². The monoisotopic (exact) mass is 507 g/mol. The molecule has 0 unspecified atom stereocenters. The Balaban J connectivity index is 0.00000240. The molecule has 3 aromatic rings. The smallest absolute Gasteiger partial charge is 0.231 e. The molecule has 1 aliphatic heterocycles. The van der Waals surface area contributed by atoms with E-state index in [2.05, 4.69) is 37.3 Å². The van der Waals surface area contributed by atoms with Crippen molar-refractivity contribution in [3.8, 4) is 11.5 Å². The number of halogens is 1. The highest BCUT2D eigenvalue weighted by atomic mass is 127. The van der Waals surface area contributed by atoms with Crippen molar-refractivity contribution in [3.63, 3.8) is 0 Å². The lowest BCUT2D eigenvalue weighted by Gasteiger charge is -2.13. The second kappa shape index (κ2) is 9.82. The van der Waals surface area contributed by atoms with Crippen LogP contribution < -0.4 is 20.1 Å². The summed E-state index contributed by atoms with van der Waals surface area (Å²) in [6.07, 6.45) is 0.878. The average Bonchev–Trinajstić information content (AvgIpc) is 3.30. The molecule has 154 valence electrons. The predicted octanol–water partition coefficient (Wildman–Crippen LogP) is 3.10. The summed E-state index contributed by atoms with van der Waals surface area (Å²) in [4.78, 5) is 8.91. The highest BCUT2D eigenvalue weighted by molar-refractivity contribution is 14.0. The topological polar surface area (TPSA) is 72.7 Å². The lowest BCUT2D eigenvalue weighted by Crippen LogP contribution is -2.39. The average molecular weight is 507 g/mol. The van der Waals surface area contributed by atoms with E-state index in [0.717, 1.165) is 60.4 Å². The third-order valence-electron chi connectivity index (χ3n) is 4.84. The van der Waals surface area contributed by atoms with Gasteiger partial charge < -0.3 is 24.7 Å². The number of ether oxygens (including phenoxy) is 2. The van der Waals surface area contributed by atoms with E-state index in [9.17, 15) is 0 Å². The Labute approximate surface area is 187 Å². The van der Waals surface area contributed by atoms with Gasteiger partial charge in [-0.1, -0.05) is 18.2 Å². The molecule has 0 bridgehead atoms. The second-order valence-corrected chi connectivity index (χ2v) is 6.66. The number of benzene rings is 2. The molecular formula is C21H26IN5O2. The van der Waals surface area contributed by atoms with E-state index < -0.39 is 0 Å². The fourth-order valence-electron chi connectivity index (χ4n) is 3.41. The van der Waals surface area contributed by atoms with Gasteiger partial charge in [0.15, 0.2) is 17.5 Å². The summed E-state index contributed by atoms with van der Waals surface area (Å²) in [6, 6.07) is 14.3. The Bertz CT molecular complexity index is 1000. The number of fused-ring (bicyclic) bond motifs is 2. The summed E-state index contributed by atoms with van der Waals surface area (Å²) >= 11 is 0. The summed E-state index contributed by atoms with van der Waals surface area (Å²) in [7, 11) is 1.79. The molecule has 8 heteroatoms. The zero-order valence-electron chi connectivity index (χ0n) is 16.6. The molecule has 0 aliphatic carbocycles. The van der Waals surface area contributed by atoms with Crippen LogP contribution in [0.1, 0.15) is 11.4 Å². The molecule has 0 amide bonds. The molecule has 0 fully saturated rings. The van der Waals surface area contributed by atoms with E-state index >= 15 is 0 Å². The molecule has 4 rings (SSSR count). The van der Waals surface area contributed by atoms with Crippen LogP contribution >= 0.6 is 24.0 Å². The van der Waals surface area contributed by atoms with Gasteiger partial charge in [-0.3, -0.25) is 4.99 Å². The number of nitrogens with one attached hydrogen (secondary N) is 2. The molecule has 0 atom stereocenters. The number of hydrogen-bond acceptors (Lipinski definition) is 4. The minimum Gasteiger partial charge on any atom is -0.454 e. The fraction of sp³-hybridized carbons (Fsp3) is 0.333. The quantitative estimate of drug-likeness (QED) is 0.305. The minimum atomic E-state index is 0. The van der Waals surface area contributed by atoms with Crippen LogP contribution in [0.5, 0.6) is 11.5 Å². The normalized spacial score (nSPS) is 12.7. The van der Waals surface area contributed by atoms with Gasteiger partial charge >= 0.3 is 0 Å². The zero-order chi connectivity index (χ0) is 19.3. The van der Waals surface area contributed by atoms with Gasteiger partial charge in [-0.2, -0.15) is 0 Å². The number of nitrogens with zero attached hydrogens (tertiary/aromatic N) is 3. The van der Waals surface area contributed by atoms with E-state index in [1.165, 1.54) is 5.56 Å². The Morgan fingerprint density at radius 1 is 1.10 bits per heavy atom. The molecule has 0 spiro atoms. The summed E-state index contributed by atoms with van der Waals surface area (Å²) < 4.78 is 13.0. The highest BCUT2D eigenvalue weighted by Gasteiger charge is 2.13. The van der Waals surface area contributed by atoms with E-state index in [-0.39, 0.29) is 24.0 Å². The lowest BCUT2D eigenvalue weighted by atomic mass is 10.1. The fourth-order valence-corrected chi connectivity index (χ4v) is 3.41. The maximum atomic E-state index is 5.43. The maximum absolute atomic E-state index is 5.43. The first-order chi connectivity index (χ1) is 13.7. The standard InChI is InChI=1S/C21H25N5O2.HI/c1-15-25-17-5-3-4-6-18(17)26(15)12-11-24-21(22-2)23-10-9-16-7-8-19-20(13-16)28-14-27-19;/h3-8,13H,9-12,14H2,1-2H3,(H2,22,23,24);1H. The van der Waals surface area contributed by atoms with Crippen LogP contribution in [0.25, 0.3) is 11.0 Å². The van der Waals surface area contributed by atoms with E-state index in [4.69, 9.17) is 9.47 Å². The van der Waals surface area contributed by atoms with E-state index in [1.807, 2.05) is 37.3 Å². The number of para-hydroxylation sites is 2. The largest absolute Gasteiger partial charge is 0.454 e. The van der Waals surface area contributed by atoms with Gasteiger partial charge in [-0.05, 0) is 43.2 Å². The number of rotatable bonds is 6. The molecule has 0 radical (unpaired) electrons. The van der Waals surface area contributed by atoms with Crippen LogP contribution in [0.3, 0.4) is 0 Å². The summed E-state index contributed by atoms with van der Waals surface area (Å²) in [6.45, 7) is 4.73. The van der Waals surface area contributed by atoms with Gasteiger partial charge in [-0.15, -0.1) is 24.0 Å². The van der Waals surface area contributed by atoms with Crippen LogP contribution in [-0.4, -0.2) is 42.4 Å². The molecular weight excluding hydrogens is 481 g/mol. The van der Waals surface area contributed by atoms with Gasteiger partial charge in [0, 0.05) is 26.7 Å². The summed E-state index contributed by atoms with van der Waals surface area (Å²) in [5.74, 6) is 3.45. The van der Waals surface area contributed by atoms with Crippen molar-refractivity contribution in [2.24, 2.45) is 4.99 Å². The molecule has 29 heavy (non-hydrogen) atoms. The third-order valence-corrected chi connectivity index (χ3v) is 4.84. The van der Waals surface area contributed by atoms with Crippen LogP contribution in [0.4, 0.5) is 0 Å². The van der Waals surface area contributed by atoms with Crippen molar-refractivity contribution in [1.82, 2.24) is 20.2 Å². The first kappa shape index (κ1) is 21.2. The van der Waals surface area contributed by atoms with E-state index in [1.54, 1.807) is 7.05 Å². The number of aromatic nitrogens is 2. The Kier molecular flexibility index (Phi) is 7.18. The molecule has 0 saturated heterocycles. The maximum Gasteiger partial charge on any atom is 0.231 e. The van der Waals surface area contributed by atoms with Gasteiger partial charge in [0.25, 0.3) is 0 Å². The van der Waals surface area contributed by atoms with Crippen molar-refractivity contribution in [2.45, 2.75) is 19.9 Å². The SMILES string of the molecule is CN=C(NCCc1ccc2c(c1)OCO2)NCCn1c(C)nc2ccccc21.I. The van der Waals surface area contributed by atoms with Crippen molar-refractivity contribution >= 4 is 41.0 Å². The van der Waals surface area contributed by atoms with E-state index in [0.29, 0.717) is 6.79 Å². The second-order valence-electron chi connectivity index (χ2n) is 6.66. The lowest BCUT2D eigenvalue weighted by molar-refractivity contribution is 0.174. The Morgan fingerprint density at radius 3 is 2.76 bits per heavy atom. The van der Waals surface area contributed by atoms with Gasteiger partial charge in [-0.25, -0.2) is 4.98 Å². The predicted molar refractivity (Wildman–Crippen MR) is 126 cm³/mol. The van der Waals surface area contributed by atoms with Crippen molar-refractivity contribution < 1.29 is 9.47 Å². The Morgan fingerprint density at radius 2 is 1.90 bits per heavy atom. The molecule has 2 N–H and O–H groups in total. The molecule has 1 aromatic heterocycles. The summed E-state index contributed by atoms with van der Waals surface area (Å²) in [5.41, 5.74) is 3.39. The molecule has 2 aromatic carbocycles. The number of aliphatic imine (C=N–C) groups is 1. The van der Waals surface area contributed by atoms with Gasteiger partial charge in [0.05, 0.1) is 11.0 Å². The number of aryl methyl sites for hydroxylation is 1. The number of guanidine groups is 1. The Hall–Kier alpha value is -2.49. The third kappa shape index (κ3) is 4.92. The van der Waals surface area contributed by atoms with Crippen molar-refractivity contribution in [3.05, 3.63) is 53.9 Å². The summed E-state index contributed by atoms with van der Waals surface area (Å²) in [5, 5.41) is 6.73. The number of imidazole rings is 1. The van der Waals surface area contributed by atoms with Gasteiger partial charge in [0.1, 0.15) is 5.82 Å². The highest BCUT2D eigenvalue weighted by Crippen LogP contribution is 2.32. The molecule has 2 heterocycles. The minimum absolute atomic E-state index is 0. The van der Waals surface area contributed by atoms with Crippen molar-refractivity contribution in [1.29, 1.82) is 0 Å². The first-order valence-electron chi connectivity index (χ1n) is 9.49. The van der Waals surface area contributed by atoms with Crippen LogP contribution in [-0.2, 0) is 13.0 Å². The van der Waals surface area contributed by atoms with Crippen LogP contribution in [0.15, 0.2) is 47.5 Å². The molecule has 1 aliphatic rings. The zero-order valence-corrected chi connectivity index (χ0v) is 19.0. The first-order valence-corrected chi connectivity index (χ1v) is 9.49. The molecule has 7 nitrogen and oxygen atoms in total. The van der Waals surface area contributed by atoms with Crippen LogP contribution in [0, 0.1) is 6.92 Å². The van der Waals surface area contributed by atoms with Crippen molar-refractivity contribution in [2.75, 3.05) is 26.9 Å². The molecule has 0 saturated carbocycles. The number of hydrogen-bond donors (Lipinski definition) is 2.